The number of para-hydroxylation sites is 1. The average Bonchev–Trinajstić information content (AvgIpc) is 2.72. The van der Waals surface area contributed by atoms with E-state index in [9.17, 15) is 14.7 Å². The van der Waals surface area contributed by atoms with Gasteiger partial charge in [-0.2, -0.15) is 0 Å². The molecule has 0 spiro atoms. The fourth-order valence-electron chi connectivity index (χ4n) is 3.09. The number of piperidine rings is 1. The summed E-state index contributed by atoms with van der Waals surface area (Å²) in [5.41, 5.74) is 1.61. The monoisotopic (exact) mass is 274 g/mol. The molecule has 0 aromatic heterocycles. The van der Waals surface area contributed by atoms with E-state index in [1.165, 1.54) is 9.80 Å². The maximum atomic E-state index is 12.5. The summed E-state index contributed by atoms with van der Waals surface area (Å²) in [6.07, 6.45) is 1.31. The molecular formula is C15H18N2O3. The minimum atomic E-state index is -0.751. The second kappa shape index (κ2) is 4.90. The molecule has 2 atom stereocenters. The highest BCUT2D eigenvalue weighted by molar-refractivity contribution is 6.22. The zero-order valence-corrected chi connectivity index (χ0v) is 11.5. The van der Waals surface area contributed by atoms with E-state index < -0.39 is 12.1 Å². The van der Waals surface area contributed by atoms with Crippen molar-refractivity contribution in [3.05, 3.63) is 29.8 Å². The van der Waals surface area contributed by atoms with Gasteiger partial charge in [-0.25, -0.2) is 9.69 Å². The molecule has 0 aliphatic carbocycles. The molecule has 0 bridgehead atoms. The number of hydrogen-bond donors (Lipinski definition) is 1. The van der Waals surface area contributed by atoms with E-state index >= 15 is 0 Å². The highest BCUT2D eigenvalue weighted by atomic mass is 16.3. The van der Waals surface area contributed by atoms with Gasteiger partial charge in [0.2, 0.25) is 0 Å². The normalized spacial score (nSPS) is 26.1. The molecule has 20 heavy (non-hydrogen) atoms. The fourth-order valence-corrected chi connectivity index (χ4v) is 3.09. The Morgan fingerprint density at radius 2 is 2.05 bits per heavy atom. The van der Waals surface area contributed by atoms with E-state index in [-0.39, 0.29) is 11.9 Å². The molecule has 3 amide bonds. The van der Waals surface area contributed by atoms with Crippen molar-refractivity contribution in [2.75, 3.05) is 11.4 Å². The van der Waals surface area contributed by atoms with Crippen LogP contribution in [0.25, 0.3) is 0 Å². The van der Waals surface area contributed by atoms with Gasteiger partial charge in [-0.3, -0.25) is 4.79 Å². The van der Waals surface area contributed by atoms with Gasteiger partial charge in [0.15, 0.2) is 0 Å². The summed E-state index contributed by atoms with van der Waals surface area (Å²) >= 11 is 0. The second-order valence-electron chi connectivity index (χ2n) is 5.29. The first-order valence-electron chi connectivity index (χ1n) is 7.05. The van der Waals surface area contributed by atoms with Crippen LogP contribution in [0.4, 0.5) is 10.5 Å². The summed E-state index contributed by atoms with van der Waals surface area (Å²) in [5, 5.41) is 10.0. The molecule has 3 rings (SSSR count). The van der Waals surface area contributed by atoms with Crippen LogP contribution in [0, 0.1) is 0 Å². The molecule has 2 saturated heterocycles. The third-order valence-corrected chi connectivity index (χ3v) is 4.12. The van der Waals surface area contributed by atoms with Crippen molar-refractivity contribution in [3.63, 3.8) is 0 Å². The molecule has 1 aromatic carbocycles. The van der Waals surface area contributed by atoms with Gasteiger partial charge in [0, 0.05) is 6.54 Å². The largest absolute Gasteiger partial charge is 0.390 e. The Morgan fingerprint density at radius 3 is 2.75 bits per heavy atom. The standard InChI is InChI=1S/C15H18N2O3/c1-2-10-6-3-4-7-11(10)17-14(19)13-12(18)8-5-9-16(13)15(17)20/h3-4,6-7,12-13,18H,2,5,8-9H2,1H3/t12-,13-/m1/s1. The maximum Gasteiger partial charge on any atom is 0.332 e. The number of urea groups is 1. The van der Waals surface area contributed by atoms with Crippen LogP contribution in [0.2, 0.25) is 0 Å². The number of aliphatic hydroxyl groups excluding tert-OH is 1. The van der Waals surface area contributed by atoms with E-state index in [1.54, 1.807) is 6.07 Å². The lowest BCUT2D eigenvalue weighted by Gasteiger charge is -2.30. The SMILES string of the molecule is CCc1ccccc1N1C(=O)[C@H]2[C@H](O)CCCN2C1=O. The predicted octanol–water partition coefficient (Wildman–Crippen LogP) is 1.54. The minimum Gasteiger partial charge on any atom is -0.390 e. The van der Waals surface area contributed by atoms with Crippen molar-refractivity contribution in [2.45, 2.75) is 38.3 Å². The third kappa shape index (κ3) is 1.81. The van der Waals surface area contributed by atoms with E-state index in [0.29, 0.717) is 18.7 Å². The predicted molar refractivity (Wildman–Crippen MR) is 74.4 cm³/mol. The average molecular weight is 274 g/mol. The number of aryl methyl sites for hydroxylation is 1. The zero-order valence-electron chi connectivity index (χ0n) is 11.5. The van der Waals surface area contributed by atoms with Crippen LogP contribution in [0.5, 0.6) is 0 Å². The summed E-state index contributed by atoms with van der Waals surface area (Å²) in [6.45, 7) is 2.53. The van der Waals surface area contributed by atoms with E-state index in [2.05, 4.69) is 0 Å². The quantitative estimate of drug-likeness (QED) is 0.832. The molecule has 2 aliphatic rings. The van der Waals surface area contributed by atoms with Gasteiger partial charge in [0.1, 0.15) is 6.04 Å². The summed E-state index contributed by atoms with van der Waals surface area (Å²) in [7, 11) is 0. The topological polar surface area (TPSA) is 60.9 Å². The first kappa shape index (κ1) is 13.1. The Hall–Kier alpha value is -1.88. The number of aliphatic hydroxyl groups is 1. The van der Waals surface area contributed by atoms with Crippen molar-refractivity contribution >= 4 is 17.6 Å². The summed E-state index contributed by atoms with van der Waals surface area (Å²) in [6, 6.07) is 6.42. The number of rotatable bonds is 2. The van der Waals surface area contributed by atoms with E-state index in [1.807, 2.05) is 25.1 Å². The number of anilines is 1. The molecule has 106 valence electrons. The Morgan fingerprint density at radius 1 is 1.30 bits per heavy atom. The highest BCUT2D eigenvalue weighted by Crippen LogP contribution is 2.32. The molecule has 0 radical (unpaired) electrons. The molecule has 5 heteroatoms. The number of nitrogens with zero attached hydrogens (tertiary/aromatic N) is 2. The number of fused-ring (bicyclic) bond motifs is 1. The van der Waals surface area contributed by atoms with Crippen LogP contribution in [-0.4, -0.2) is 40.6 Å². The Labute approximate surface area is 117 Å². The fraction of sp³-hybridized carbons (Fsp3) is 0.467. The molecule has 1 aromatic rings. The van der Waals surface area contributed by atoms with E-state index in [0.717, 1.165) is 18.4 Å². The summed E-state index contributed by atoms with van der Waals surface area (Å²) < 4.78 is 0. The molecule has 0 unspecified atom stereocenters. The number of amides is 3. The molecular weight excluding hydrogens is 256 g/mol. The van der Waals surface area contributed by atoms with Gasteiger partial charge in [0.25, 0.3) is 5.91 Å². The van der Waals surface area contributed by atoms with Crippen LogP contribution >= 0.6 is 0 Å². The lowest BCUT2D eigenvalue weighted by atomic mass is 10.00. The van der Waals surface area contributed by atoms with Crippen molar-refractivity contribution in [1.82, 2.24) is 4.90 Å². The zero-order chi connectivity index (χ0) is 14.3. The Bertz CT molecular complexity index is 558. The minimum absolute atomic E-state index is 0.303. The molecule has 2 fully saturated rings. The Kier molecular flexibility index (Phi) is 3.22. The van der Waals surface area contributed by atoms with Gasteiger partial charge in [0.05, 0.1) is 11.8 Å². The first-order chi connectivity index (χ1) is 9.65. The van der Waals surface area contributed by atoms with E-state index in [4.69, 9.17) is 0 Å². The van der Waals surface area contributed by atoms with Crippen molar-refractivity contribution in [2.24, 2.45) is 0 Å². The van der Waals surface area contributed by atoms with Gasteiger partial charge in [-0.05, 0) is 30.9 Å². The van der Waals surface area contributed by atoms with Crippen molar-refractivity contribution in [1.29, 1.82) is 0 Å². The molecule has 2 aliphatic heterocycles. The number of imide groups is 1. The van der Waals surface area contributed by atoms with Gasteiger partial charge in [-0.15, -0.1) is 0 Å². The molecule has 5 nitrogen and oxygen atoms in total. The van der Waals surface area contributed by atoms with Crippen LogP contribution < -0.4 is 4.90 Å². The van der Waals surface area contributed by atoms with Crippen LogP contribution in [-0.2, 0) is 11.2 Å². The molecule has 1 N–H and O–H groups in total. The third-order valence-electron chi connectivity index (χ3n) is 4.12. The van der Waals surface area contributed by atoms with Crippen molar-refractivity contribution in [3.8, 4) is 0 Å². The maximum absolute atomic E-state index is 12.5. The van der Waals surface area contributed by atoms with Gasteiger partial charge >= 0.3 is 6.03 Å². The summed E-state index contributed by atoms with van der Waals surface area (Å²) in [5.74, 6) is -0.303. The van der Waals surface area contributed by atoms with Gasteiger partial charge < -0.3 is 10.0 Å². The van der Waals surface area contributed by atoms with Crippen LogP contribution in [0.1, 0.15) is 25.3 Å². The summed E-state index contributed by atoms with van der Waals surface area (Å²) in [4.78, 5) is 27.8. The van der Waals surface area contributed by atoms with Crippen LogP contribution in [0.15, 0.2) is 24.3 Å². The smallest absolute Gasteiger partial charge is 0.332 e. The highest BCUT2D eigenvalue weighted by Gasteiger charge is 2.50. The van der Waals surface area contributed by atoms with Crippen molar-refractivity contribution < 1.29 is 14.7 Å². The number of carbonyl (C=O) groups is 2. The Balaban J connectivity index is 2.02. The number of benzene rings is 1. The lowest BCUT2D eigenvalue weighted by molar-refractivity contribution is -0.124. The number of carbonyl (C=O) groups excluding carboxylic acids is 2. The molecule has 0 saturated carbocycles. The van der Waals surface area contributed by atoms with Gasteiger partial charge in [-0.1, -0.05) is 25.1 Å². The van der Waals surface area contributed by atoms with Crippen LogP contribution in [0.3, 0.4) is 0 Å². The molecule has 2 heterocycles. The lowest BCUT2D eigenvalue weighted by Crippen LogP contribution is -2.48. The number of hydrogen-bond acceptors (Lipinski definition) is 3. The second-order valence-corrected chi connectivity index (χ2v) is 5.29. The first-order valence-corrected chi connectivity index (χ1v) is 7.05.